The van der Waals surface area contributed by atoms with Crippen molar-refractivity contribution < 1.29 is 14.6 Å². The van der Waals surface area contributed by atoms with Gasteiger partial charge in [0, 0.05) is 0 Å². The fourth-order valence-electron chi connectivity index (χ4n) is 1.27. The van der Waals surface area contributed by atoms with Gasteiger partial charge in [-0.05, 0) is 24.6 Å². The lowest BCUT2D eigenvalue weighted by molar-refractivity contribution is 0.0802. The van der Waals surface area contributed by atoms with Crippen molar-refractivity contribution in [2.75, 3.05) is 13.2 Å². The molecule has 0 aliphatic carbocycles. The van der Waals surface area contributed by atoms with E-state index in [9.17, 15) is 5.11 Å². The fraction of sp³-hybridized carbons (Fsp3) is 0.400. The largest absolute Gasteiger partial charge is 0.487 e. The molecule has 0 bridgehead atoms. The molecule has 1 aromatic carbocycles. The predicted octanol–water partition coefficient (Wildman–Crippen LogP) is 1.13. The van der Waals surface area contributed by atoms with Crippen LogP contribution in [0.25, 0.3) is 0 Å². The number of hydrogen-bond acceptors (Lipinski definition) is 3. The standard InChI is InChI=1S/C10H12O3/c1-7-2-3-9-10(4-7)13-6-8(11)5-12-9/h2-4,8,11H,5-6H2,1H3/t8-/m0/s1. The highest BCUT2D eigenvalue weighted by Crippen LogP contribution is 2.29. The molecule has 0 amide bonds. The lowest BCUT2D eigenvalue weighted by atomic mass is 10.2. The van der Waals surface area contributed by atoms with E-state index in [4.69, 9.17) is 9.47 Å². The van der Waals surface area contributed by atoms with Crippen LogP contribution in [0.1, 0.15) is 5.56 Å². The lowest BCUT2D eigenvalue weighted by Gasteiger charge is -2.06. The molecule has 0 saturated carbocycles. The van der Waals surface area contributed by atoms with E-state index in [1.165, 1.54) is 0 Å². The second kappa shape index (κ2) is 3.26. The highest BCUT2D eigenvalue weighted by atomic mass is 16.5. The number of benzene rings is 1. The third kappa shape index (κ3) is 1.75. The van der Waals surface area contributed by atoms with Crippen molar-refractivity contribution in [3.8, 4) is 11.5 Å². The van der Waals surface area contributed by atoms with Gasteiger partial charge in [0.2, 0.25) is 0 Å². The highest BCUT2D eigenvalue weighted by molar-refractivity contribution is 5.43. The average molecular weight is 180 g/mol. The van der Waals surface area contributed by atoms with Gasteiger partial charge in [-0.2, -0.15) is 0 Å². The Kier molecular flexibility index (Phi) is 2.10. The Balaban J connectivity index is 2.30. The van der Waals surface area contributed by atoms with Crippen LogP contribution in [0.3, 0.4) is 0 Å². The highest BCUT2D eigenvalue weighted by Gasteiger charge is 2.15. The molecular formula is C10H12O3. The summed E-state index contributed by atoms with van der Waals surface area (Å²) in [6.45, 7) is 2.59. The Morgan fingerprint density at radius 2 is 1.92 bits per heavy atom. The summed E-state index contributed by atoms with van der Waals surface area (Å²) in [4.78, 5) is 0. The van der Waals surface area contributed by atoms with Gasteiger partial charge in [0.25, 0.3) is 0 Å². The molecule has 0 saturated heterocycles. The van der Waals surface area contributed by atoms with Crippen LogP contribution in [0.15, 0.2) is 18.2 Å². The van der Waals surface area contributed by atoms with E-state index in [1.54, 1.807) is 0 Å². The smallest absolute Gasteiger partial charge is 0.161 e. The van der Waals surface area contributed by atoms with Crippen LogP contribution in [0.5, 0.6) is 11.5 Å². The van der Waals surface area contributed by atoms with E-state index in [0.717, 1.165) is 11.3 Å². The number of aliphatic hydroxyl groups excluding tert-OH is 1. The molecule has 3 heteroatoms. The summed E-state index contributed by atoms with van der Waals surface area (Å²) in [7, 11) is 0. The number of aliphatic hydroxyl groups is 1. The maximum atomic E-state index is 9.28. The molecule has 1 aliphatic rings. The van der Waals surface area contributed by atoms with Gasteiger partial charge in [-0.25, -0.2) is 0 Å². The van der Waals surface area contributed by atoms with Gasteiger partial charge < -0.3 is 14.6 Å². The average Bonchev–Trinajstić information content (AvgIpc) is 2.29. The summed E-state index contributed by atoms with van der Waals surface area (Å²) < 4.78 is 10.7. The Morgan fingerprint density at radius 3 is 2.69 bits per heavy atom. The normalized spacial score (nSPS) is 20.9. The second-order valence-electron chi connectivity index (χ2n) is 3.23. The molecule has 1 aliphatic heterocycles. The van der Waals surface area contributed by atoms with Gasteiger partial charge >= 0.3 is 0 Å². The van der Waals surface area contributed by atoms with Crippen LogP contribution in [-0.2, 0) is 0 Å². The zero-order chi connectivity index (χ0) is 9.26. The molecule has 1 heterocycles. The molecule has 0 radical (unpaired) electrons. The van der Waals surface area contributed by atoms with E-state index < -0.39 is 6.10 Å². The van der Waals surface area contributed by atoms with E-state index in [2.05, 4.69) is 0 Å². The molecule has 1 aromatic rings. The molecule has 70 valence electrons. The van der Waals surface area contributed by atoms with Gasteiger partial charge in [0.1, 0.15) is 19.3 Å². The molecule has 1 atom stereocenters. The summed E-state index contributed by atoms with van der Waals surface area (Å²) in [5.41, 5.74) is 1.12. The van der Waals surface area contributed by atoms with Crippen LogP contribution in [-0.4, -0.2) is 24.4 Å². The van der Waals surface area contributed by atoms with Gasteiger partial charge in [-0.15, -0.1) is 0 Å². The monoisotopic (exact) mass is 180 g/mol. The first-order valence-corrected chi connectivity index (χ1v) is 4.30. The van der Waals surface area contributed by atoms with Gasteiger partial charge in [-0.1, -0.05) is 6.07 Å². The van der Waals surface area contributed by atoms with Crippen molar-refractivity contribution in [2.24, 2.45) is 0 Å². The minimum atomic E-state index is -0.535. The van der Waals surface area contributed by atoms with Crippen LogP contribution < -0.4 is 9.47 Å². The zero-order valence-corrected chi connectivity index (χ0v) is 7.49. The maximum absolute atomic E-state index is 9.28. The Morgan fingerprint density at radius 1 is 1.23 bits per heavy atom. The van der Waals surface area contributed by atoms with Crippen molar-refractivity contribution >= 4 is 0 Å². The maximum Gasteiger partial charge on any atom is 0.161 e. The Labute approximate surface area is 76.9 Å². The minimum Gasteiger partial charge on any atom is -0.487 e. The van der Waals surface area contributed by atoms with Gasteiger partial charge in [0.05, 0.1) is 0 Å². The summed E-state index contributed by atoms with van der Waals surface area (Å²) in [6.07, 6.45) is -0.535. The Hall–Kier alpha value is -1.22. The minimum absolute atomic E-state index is 0.302. The van der Waals surface area contributed by atoms with Crippen molar-refractivity contribution in [3.05, 3.63) is 23.8 Å². The van der Waals surface area contributed by atoms with Crippen molar-refractivity contribution in [3.63, 3.8) is 0 Å². The molecule has 0 unspecified atom stereocenters. The summed E-state index contributed by atoms with van der Waals surface area (Å²) >= 11 is 0. The Bertz CT molecular complexity index is 309. The molecule has 1 N–H and O–H groups in total. The van der Waals surface area contributed by atoms with Gasteiger partial charge in [0.15, 0.2) is 11.5 Å². The van der Waals surface area contributed by atoms with Crippen LogP contribution in [0.2, 0.25) is 0 Å². The molecular weight excluding hydrogens is 168 g/mol. The first-order valence-electron chi connectivity index (χ1n) is 4.30. The third-order valence-corrected chi connectivity index (χ3v) is 1.96. The molecule has 0 spiro atoms. The zero-order valence-electron chi connectivity index (χ0n) is 7.49. The third-order valence-electron chi connectivity index (χ3n) is 1.96. The van der Waals surface area contributed by atoms with Crippen LogP contribution in [0, 0.1) is 6.92 Å². The number of ether oxygens (including phenoxy) is 2. The number of hydrogen-bond donors (Lipinski definition) is 1. The van der Waals surface area contributed by atoms with Crippen LogP contribution >= 0.6 is 0 Å². The summed E-state index contributed by atoms with van der Waals surface area (Å²) in [5.74, 6) is 1.43. The molecule has 3 nitrogen and oxygen atoms in total. The van der Waals surface area contributed by atoms with Gasteiger partial charge in [-0.3, -0.25) is 0 Å². The number of fused-ring (bicyclic) bond motifs is 1. The first kappa shape index (κ1) is 8.38. The van der Waals surface area contributed by atoms with Crippen molar-refractivity contribution in [1.29, 1.82) is 0 Å². The number of aryl methyl sites for hydroxylation is 1. The summed E-state index contributed by atoms with van der Waals surface area (Å²) in [6, 6.07) is 5.73. The molecule has 2 rings (SSSR count). The van der Waals surface area contributed by atoms with E-state index in [1.807, 2.05) is 25.1 Å². The molecule has 0 fully saturated rings. The lowest BCUT2D eigenvalue weighted by Crippen LogP contribution is -2.21. The van der Waals surface area contributed by atoms with Crippen molar-refractivity contribution in [2.45, 2.75) is 13.0 Å². The second-order valence-corrected chi connectivity index (χ2v) is 3.23. The predicted molar refractivity (Wildman–Crippen MR) is 48.2 cm³/mol. The topological polar surface area (TPSA) is 38.7 Å². The van der Waals surface area contributed by atoms with Crippen LogP contribution in [0.4, 0.5) is 0 Å². The summed E-state index contributed by atoms with van der Waals surface area (Å²) in [5, 5.41) is 9.28. The molecule has 13 heavy (non-hydrogen) atoms. The fourth-order valence-corrected chi connectivity index (χ4v) is 1.27. The first-order chi connectivity index (χ1) is 6.25. The SMILES string of the molecule is Cc1ccc2c(c1)OC[C@@H](O)CO2. The van der Waals surface area contributed by atoms with Crippen molar-refractivity contribution in [1.82, 2.24) is 0 Å². The van der Waals surface area contributed by atoms with E-state index in [-0.39, 0.29) is 0 Å². The van der Waals surface area contributed by atoms with E-state index >= 15 is 0 Å². The number of rotatable bonds is 0. The quantitative estimate of drug-likeness (QED) is 0.650. The van der Waals surface area contributed by atoms with E-state index in [0.29, 0.717) is 19.0 Å². The molecule has 0 aromatic heterocycles.